The molecule has 0 bridgehead atoms. The molecule has 3 aromatic carbocycles. The molecular formula is C27H26N2O6S. The van der Waals surface area contributed by atoms with E-state index in [1.807, 2.05) is 30.3 Å². The van der Waals surface area contributed by atoms with E-state index < -0.39 is 17.2 Å². The summed E-state index contributed by atoms with van der Waals surface area (Å²) in [5, 5.41) is 13.7. The van der Waals surface area contributed by atoms with Crippen LogP contribution in [0.3, 0.4) is 0 Å². The molecule has 2 amide bonds. The van der Waals surface area contributed by atoms with Gasteiger partial charge in [-0.25, -0.2) is 4.79 Å². The lowest BCUT2D eigenvalue weighted by atomic mass is 10.1. The normalized spacial score (nSPS) is 11.2. The smallest absolute Gasteiger partial charge is 0.338 e. The molecule has 1 atom stereocenters. The Hall–Kier alpha value is -4.11. The Kier molecular flexibility index (Phi) is 9.64. The fourth-order valence-corrected chi connectivity index (χ4v) is 4.23. The van der Waals surface area contributed by atoms with Crippen molar-refractivity contribution < 1.29 is 29.0 Å². The summed E-state index contributed by atoms with van der Waals surface area (Å²) in [6, 6.07) is 22.8. The van der Waals surface area contributed by atoms with Crippen LogP contribution < -0.4 is 10.6 Å². The maximum Gasteiger partial charge on any atom is 0.338 e. The first-order valence-electron chi connectivity index (χ1n) is 11.3. The van der Waals surface area contributed by atoms with Gasteiger partial charge >= 0.3 is 11.9 Å². The second-order valence-electron chi connectivity index (χ2n) is 7.66. The number of anilines is 2. The number of nitrogens with one attached hydrogen (secondary N) is 2. The Morgan fingerprint density at radius 3 is 2.06 bits per heavy atom. The van der Waals surface area contributed by atoms with Crippen molar-refractivity contribution in [2.45, 2.75) is 29.9 Å². The molecule has 36 heavy (non-hydrogen) atoms. The summed E-state index contributed by atoms with van der Waals surface area (Å²) in [5.41, 5.74) is 2.30. The molecule has 186 valence electrons. The predicted molar refractivity (Wildman–Crippen MR) is 138 cm³/mol. The molecule has 0 saturated carbocycles. The minimum absolute atomic E-state index is 0.108. The number of hydrogen-bond acceptors (Lipinski definition) is 6. The lowest BCUT2D eigenvalue weighted by Crippen LogP contribution is -2.19. The molecule has 9 heteroatoms. The molecule has 0 radical (unpaired) electrons. The number of esters is 1. The molecule has 0 aliphatic heterocycles. The number of carbonyl (C=O) groups excluding carboxylic acids is 3. The Morgan fingerprint density at radius 1 is 0.833 bits per heavy atom. The van der Waals surface area contributed by atoms with Crippen LogP contribution in [-0.2, 0) is 19.1 Å². The Balaban J connectivity index is 1.70. The van der Waals surface area contributed by atoms with Crippen molar-refractivity contribution in [1.29, 1.82) is 0 Å². The fraction of sp³-hybridized carbons (Fsp3) is 0.185. The topological polar surface area (TPSA) is 122 Å². The van der Waals surface area contributed by atoms with E-state index in [1.165, 1.54) is 11.8 Å². The highest BCUT2D eigenvalue weighted by molar-refractivity contribution is 8.00. The van der Waals surface area contributed by atoms with Gasteiger partial charge in [-0.1, -0.05) is 30.3 Å². The summed E-state index contributed by atoms with van der Waals surface area (Å²) in [7, 11) is 0. The Labute approximate surface area is 213 Å². The number of rotatable bonds is 11. The zero-order valence-corrected chi connectivity index (χ0v) is 20.4. The highest BCUT2D eigenvalue weighted by Crippen LogP contribution is 2.36. The molecule has 8 nitrogen and oxygen atoms in total. The van der Waals surface area contributed by atoms with Crippen molar-refractivity contribution in [1.82, 2.24) is 0 Å². The molecule has 0 fully saturated rings. The molecule has 3 rings (SSSR count). The van der Waals surface area contributed by atoms with Crippen molar-refractivity contribution in [3.8, 4) is 0 Å². The van der Waals surface area contributed by atoms with Gasteiger partial charge in [0.2, 0.25) is 11.8 Å². The van der Waals surface area contributed by atoms with Gasteiger partial charge in [-0.3, -0.25) is 14.4 Å². The number of benzene rings is 3. The Bertz CT molecular complexity index is 1200. The first-order chi connectivity index (χ1) is 17.4. The van der Waals surface area contributed by atoms with Crippen LogP contribution in [-0.4, -0.2) is 35.5 Å². The van der Waals surface area contributed by atoms with Crippen LogP contribution in [0.25, 0.3) is 0 Å². The third-order valence-electron chi connectivity index (χ3n) is 4.96. The van der Waals surface area contributed by atoms with E-state index in [0.717, 1.165) is 10.5 Å². The van der Waals surface area contributed by atoms with Gasteiger partial charge in [-0.15, -0.1) is 11.8 Å². The van der Waals surface area contributed by atoms with E-state index in [1.54, 1.807) is 55.5 Å². The second-order valence-corrected chi connectivity index (χ2v) is 8.84. The summed E-state index contributed by atoms with van der Waals surface area (Å²) < 4.78 is 4.99. The minimum Gasteiger partial charge on any atom is -0.481 e. The van der Waals surface area contributed by atoms with Gasteiger partial charge in [0.05, 0.1) is 18.6 Å². The maximum absolute atomic E-state index is 13.2. The molecule has 0 spiro atoms. The van der Waals surface area contributed by atoms with Gasteiger partial charge in [-0.2, -0.15) is 0 Å². The van der Waals surface area contributed by atoms with Crippen LogP contribution in [0.15, 0.2) is 83.8 Å². The highest BCUT2D eigenvalue weighted by Gasteiger charge is 2.22. The quantitative estimate of drug-likeness (QED) is 0.243. The van der Waals surface area contributed by atoms with Crippen LogP contribution in [0.5, 0.6) is 0 Å². The first kappa shape index (κ1) is 26.5. The van der Waals surface area contributed by atoms with Crippen molar-refractivity contribution in [3.05, 3.63) is 90.0 Å². The monoisotopic (exact) mass is 506 g/mol. The van der Waals surface area contributed by atoms with Gasteiger partial charge in [-0.05, 0) is 61.0 Å². The number of carboxylic acids is 1. The van der Waals surface area contributed by atoms with Gasteiger partial charge in [0.15, 0.2) is 0 Å². The SMILES string of the molecule is CCOC(=O)c1ccc(NC(=O)C(Sc2ccc(NC(=O)CCC(=O)O)cc2)c2ccccc2)cc1. The minimum atomic E-state index is -1.03. The number of thioether (sulfide) groups is 1. The van der Waals surface area contributed by atoms with Crippen molar-refractivity contribution in [2.24, 2.45) is 0 Å². The molecule has 3 aromatic rings. The number of hydrogen-bond donors (Lipinski definition) is 3. The lowest BCUT2D eigenvalue weighted by molar-refractivity contribution is -0.138. The third kappa shape index (κ3) is 7.99. The second kappa shape index (κ2) is 13.1. The molecular weight excluding hydrogens is 480 g/mol. The van der Waals surface area contributed by atoms with Crippen LogP contribution in [0.4, 0.5) is 11.4 Å². The summed E-state index contributed by atoms with van der Waals surface area (Å²) in [6.07, 6.45) is -0.345. The van der Waals surface area contributed by atoms with Gasteiger partial charge in [0.1, 0.15) is 5.25 Å². The number of aliphatic carboxylic acids is 1. The molecule has 0 saturated heterocycles. The van der Waals surface area contributed by atoms with Gasteiger partial charge in [0, 0.05) is 22.7 Å². The van der Waals surface area contributed by atoms with Crippen LogP contribution in [0.1, 0.15) is 40.9 Å². The molecule has 0 aromatic heterocycles. The number of ether oxygens (including phenoxy) is 1. The fourth-order valence-electron chi connectivity index (χ4n) is 3.21. The van der Waals surface area contributed by atoms with Gasteiger partial charge in [0.25, 0.3) is 0 Å². The zero-order valence-electron chi connectivity index (χ0n) is 19.6. The molecule has 1 unspecified atom stereocenters. The van der Waals surface area contributed by atoms with E-state index in [0.29, 0.717) is 16.9 Å². The third-order valence-corrected chi connectivity index (χ3v) is 6.23. The standard InChI is InChI=1S/C27H26N2O6S/c1-2-35-27(34)19-8-10-21(11-9-19)29-26(33)25(18-6-4-3-5-7-18)36-22-14-12-20(13-15-22)28-23(30)16-17-24(31)32/h3-15,25H,2,16-17H2,1H3,(H,28,30)(H,29,33)(H,31,32). The van der Waals surface area contributed by atoms with Crippen LogP contribution >= 0.6 is 11.8 Å². The predicted octanol–water partition coefficient (Wildman–Crippen LogP) is 5.14. The average Bonchev–Trinajstić information content (AvgIpc) is 2.88. The van der Waals surface area contributed by atoms with E-state index in [-0.39, 0.29) is 31.3 Å². The van der Waals surface area contributed by atoms with Crippen molar-refractivity contribution in [2.75, 3.05) is 17.2 Å². The maximum atomic E-state index is 13.2. The van der Waals surface area contributed by atoms with E-state index in [2.05, 4.69) is 10.6 Å². The first-order valence-corrected chi connectivity index (χ1v) is 12.1. The average molecular weight is 507 g/mol. The molecule has 0 aliphatic carbocycles. The van der Waals surface area contributed by atoms with E-state index >= 15 is 0 Å². The molecule has 3 N–H and O–H groups in total. The van der Waals surface area contributed by atoms with Crippen LogP contribution in [0, 0.1) is 0 Å². The molecule has 0 heterocycles. The van der Waals surface area contributed by atoms with Crippen LogP contribution in [0.2, 0.25) is 0 Å². The summed E-state index contributed by atoms with van der Waals surface area (Å²) in [6.45, 7) is 2.02. The van der Waals surface area contributed by atoms with Crippen molar-refractivity contribution in [3.63, 3.8) is 0 Å². The van der Waals surface area contributed by atoms with Gasteiger partial charge < -0.3 is 20.5 Å². The number of carboxylic acid groups (broad SMARTS) is 1. The zero-order chi connectivity index (χ0) is 25.9. The van der Waals surface area contributed by atoms with E-state index in [9.17, 15) is 19.2 Å². The van der Waals surface area contributed by atoms with E-state index in [4.69, 9.17) is 9.84 Å². The summed E-state index contributed by atoms with van der Waals surface area (Å²) >= 11 is 1.35. The summed E-state index contributed by atoms with van der Waals surface area (Å²) in [4.78, 5) is 48.4. The lowest BCUT2D eigenvalue weighted by Gasteiger charge is -2.17. The highest BCUT2D eigenvalue weighted by atomic mass is 32.2. The largest absolute Gasteiger partial charge is 0.481 e. The van der Waals surface area contributed by atoms with Crippen molar-refractivity contribution >= 4 is 46.9 Å². The summed E-state index contributed by atoms with van der Waals surface area (Å²) in [5.74, 6) is -2.07. The molecule has 0 aliphatic rings. The number of carbonyl (C=O) groups is 4. The number of amides is 2. The Morgan fingerprint density at radius 2 is 1.44 bits per heavy atom.